The monoisotopic (exact) mass is 546 g/mol. The van der Waals surface area contributed by atoms with E-state index in [1.807, 2.05) is 60.7 Å². The third kappa shape index (κ3) is 4.13. The second kappa shape index (κ2) is 9.66. The van der Waals surface area contributed by atoms with Crippen LogP contribution in [0.1, 0.15) is 23.6 Å². The van der Waals surface area contributed by atoms with Gasteiger partial charge >= 0.3 is 0 Å². The summed E-state index contributed by atoms with van der Waals surface area (Å²) >= 11 is 12.2. The zero-order valence-corrected chi connectivity index (χ0v) is 21.3. The molecule has 3 atom stereocenters. The lowest BCUT2D eigenvalue weighted by atomic mass is 9.98. The topological polar surface area (TPSA) is 98.0 Å². The van der Waals surface area contributed by atoms with E-state index in [4.69, 9.17) is 23.2 Å². The molecule has 3 aromatic rings. The zero-order chi connectivity index (χ0) is 26.4. The van der Waals surface area contributed by atoms with Gasteiger partial charge < -0.3 is 0 Å². The first-order valence-corrected chi connectivity index (χ1v) is 12.7. The molecular formula is C27H20Cl2N6O3. The van der Waals surface area contributed by atoms with Gasteiger partial charge in [-0.3, -0.25) is 19.4 Å². The van der Waals surface area contributed by atoms with Gasteiger partial charge in [-0.2, -0.15) is 10.2 Å². The van der Waals surface area contributed by atoms with Crippen molar-refractivity contribution < 1.29 is 14.4 Å². The molecule has 38 heavy (non-hydrogen) atoms. The molecule has 0 radical (unpaired) electrons. The molecular weight excluding hydrogens is 527 g/mol. The lowest BCUT2D eigenvalue weighted by Gasteiger charge is -2.25. The number of imide groups is 1. The van der Waals surface area contributed by atoms with Gasteiger partial charge in [-0.15, -0.1) is 0 Å². The van der Waals surface area contributed by atoms with Crippen LogP contribution in [-0.4, -0.2) is 52.1 Å². The maximum atomic E-state index is 13.6. The maximum absolute atomic E-state index is 13.6. The van der Waals surface area contributed by atoms with E-state index < -0.39 is 23.9 Å². The summed E-state index contributed by atoms with van der Waals surface area (Å²) in [6.07, 6.45) is 0.535. The summed E-state index contributed by atoms with van der Waals surface area (Å²) in [4.78, 5) is 41.0. The molecule has 0 aromatic heterocycles. The normalized spacial score (nSPS) is 22.3. The van der Waals surface area contributed by atoms with Gasteiger partial charge in [0.1, 0.15) is 6.54 Å². The van der Waals surface area contributed by atoms with Crippen LogP contribution in [0.5, 0.6) is 0 Å². The number of anilines is 1. The van der Waals surface area contributed by atoms with Crippen LogP contribution in [0.15, 0.2) is 94.3 Å². The minimum atomic E-state index is -1.06. The van der Waals surface area contributed by atoms with E-state index in [1.54, 1.807) is 6.07 Å². The molecule has 0 bridgehead atoms. The number of hydrazone groups is 1. The highest BCUT2D eigenvalue weighted by atomic mass is 35.5. The predicted molar refractivity (Wildman–Crippen MR) is 142 cm³/mol. The molecule has 9 nitrogen and oxygen atoms in total. The number of amides is 3. The SMILES string of the molecule is O=C1C2N=NN(CC(=O)N3N=C(c4ccccc4)CC3c3ccccc3)C2C(=O)N1c1ccc(Cl)cc1Cl. The number of hydrogen-bond donors (Lipinski definition) is 0. The Hall–Kier alpha value is -4.08. The van der Waals surface area contributed by atoms with Crippen molar-refractivity contribution >= 4 is 52.3 Å². The maximum Gasteiger partial charge on any atom is 0.264 e. The summed E-state index contributed by atoms with van der Waals surface area (Å²) in [5.74, 6) is -1.49. The quantitative estimate of drug-likeness (QED) is 0.434. The molecule has 1 saturated heterocycles. The molecule has 0 saturated carbocycles. The van der Waals surface area contributed by atoms with Crippen LogP contribution in [0.25, 0.3) is 0 Å². The smallest absolute Gasteiger partial charge is 0.264 e. The molecule has 3 aromatic carbocycles. The van der Waals surface area contributed by atoms with E-state index in [1.165, 1.54) is 22.2 Å². The number of rotatable bonds is 5. The van der Waals surface area contributed by atoms with Crippen LogP contribution >= 0.6 is 23.2 Å². The number of hydrogen-bond acceptors (Lipinski definition) is 7. The summed E-state index contributed by atoms with van der Waals surface area (Å²) in [6, 6.07) is 21.4. The Morgan fingerprint density at radius 3 is 2.34 bits per heavy atom. The molecule has 3 amide bonds. The highest BCUT2D eigenvalue weighted by Gasteiger charge is 2.55. The lowest BCUT2D eigenvalue weighted by molar-refractivity contribution is -0.135. The Morgan fingerprint density at radius 2 is 1.63 bits per heavy atom. The van der Waals surface area contributed by atoms with Crippen LogP contribution in [0, 0.1) is 0 Å². The Labute approximate surface area is 227 Å². The molecule has 6 rings (SSSR count). The first-order valence-electron chi connectivity index (χ1n) is 11.9. The van der Waals surface area contributed by atoms with Gasteiger partial charge in [-0.25, -0.2) is 9.91 Å². The highest BCUT2D eigenvalue weighted by molar-refractivity contribution is 6.38. The molecule has 3 aliphatic heterocycles. The van der Waals surface area contributed by atoms with Crippen LogP contribution in [0.2, 0.25) is 10.0 Å². The van der Waals surface area contributed by atoms with Crippen molar-refractivity contribution in [1.82, 2.24) is 10.0 Å². The summed E-state index contributed by atoms with van der Waals surface area (Å²) in [6.45, 7) is -0.277. The van der Waals surface area contributed by atoms with Gasteiger partial charge in [0, 0.05) is 11.4 Å². The van der Waals surface area contributed by atoms with E-state index in [9.17, 15) is 14.4 Å². The molecule has 11 heteroatoms. The molecule has 0 N–H and O–H groups in total. The number of carbonyl (C=O) groups excluding carboxylic acids is 3. The minimum Gasteiger partial charge on any atom is -0.271 e. The number of fused-ring (bicyclic) bond motifs is 1. The molecule has 3 unspecified atom stereocenters. The third-order valence-electron chi connectivity index (χ3n) is 6.76. The molecule has 190 valence electrons. The van der Waals surface area contributed by atoms with Gasteiger partial charge in [0.15, 0.2) is 12.1 Å². The molecule has 1 fully saturated rings. The predicted octanol–water partition coefficient (Wildman–Crippen LogP) is 4.66. The van der Waals surface area contributed by atoms with Gasteiger partial charge in [0.2, 0.25) is 0 Å². The molecule has 3 aliphatic rings. The number of benzene rings is 3. The van der Waals surface area contributed by atoms with Gasteiger partial charge in [-0.05, 0) is 29.3 Å². The van der Waals surface area contributed by atoms with Gasteiger partial charge in [0.05, 0.1) is 22.5 Å². The van der Waals surface area contributed by atoms with Crippen LogP contribution in [0.4, 0.5) is 5.69 Å². The van der Waals surface area contributed by atoms with E-state index in [2.05, 4.69) is 15.4 Å². The first-order chi connectivity index (χ1) is 18.4. The Bertz CT molecular complexity index is 1500. The highest BCUT2D eigenvalue weighted by Crippen LogP contribution is 2.37. The van der Waals surface area contributed by atoms with Crippen molar-refractivity contribution in [2.45, 2.75) is 24.5 Å². The van der Waals surface area contributed by atoms with Crippen molar-refractivity contribution in [2.75, 3.05) is 11.4 Å². The third-order valence-corrected chi connectivity index (χ3v) is 7.30. The van der Waals surface area contributed by atoms with E-state index in [-0.39, 0.29) is 29.2 Å². The van der Waals surface area contributed by atoms with Crippen LogP contribution in [-0.2, 0) is 14.4 Å². The fourth-order valence-electron chi connectivity index (χ4n) is 4.95. The van der Waals surface area contributed by atoms with Crippen LogP contribution in [0.3, 0.4) is 0 Å². The van der Waals surface area contributed by atoms with E-state index in [0.29, 0.717) is 11.4 Å². The Morgan fingerprint density at radius 1 is 0.921 bits per heavy atom. The molecule has 0 spiro atoms. The van der Waals surface area contributed by atoms with Crippen molar-refractivity contribution in [2.24, 2.45) is 15.4 Å². The van der Waals surface area contributed by atoms with E-state index >= 15 is 0 Å². The second-order valence-electron chi connectivity index (χ2n) is 9.08. The fraction of sp³-hybridized carbons (Fsp3) is 0.185. The summed E-state index contributed by atoms with van der Waals surface area (Å²) in [5, 5.41) is 15.9. The van der Waals surface area contributed by atoms with Gasteiger partial charge in [0.25, 0.3) is 17.7 Å². The summed E-state index contributed by atoms with van der Waals surface area (Å²) in [5.41, 5.74) is 2.86. The van der Waals surface area contributed by atoms with Crippen molar-refractivity contribution in [3.05, 3.63) is 100 Å². The Kier molecular flexibility index (Phi) is 6.17. The minimum absolute atomic E-state index is 0.157. The lowest BCUT2D eigenvalue weighted by Crippen LogP contribution is -2.44. The average molecular weight is 547 g/mol. The number of nitrogens with zero attached hydrogens (tertiary/aromatic N) is 6. The number of halogens is 2. The number of carbonyl (C=O) groups is 3. The standard InChI is InChI=1S/C27H20Cl2N6O3/c28-18-11-12-21(19(29)13-18)34-26(37)24-25(27(34)38)33(32-30-24)15-23(36)35-22(17-9-5-2-6-10-17)14-20(31-35)16-7-3-1-4-8-16/h1-13,22,24-25H,14-15H2. The molecule has 0 aliphatic carbocycles. The van der Waals surface area contributed by atoms with Crippen molar-refractivity contribution in [1.29, 1.82) is 0 Å². The van der Waals surface area contributed by atoms with Crippen molar-refractivity contribution in [3.8, 4) is 0 Å². The van der Waals surface area contributed by atoms with Crippen molar-refractivity contribution in [3.63, 3.8) is 0 Å². The van der Waals surface area contributed by atoms with E-state index in [0.717, 1.165) is 21.7 Å². The summed E-state index contributed by atoms with van der Waals surface area (Å²) < 4.78 is 0. The Balaban J connectivity index is 1.26. The summed E-state index contributed by atoms with van der Waals surface area (Å²) in [7, 11) is 0. The first kappa shape index (κ1) is 24.3. The second-order valence-corrected chi connectivity index (χ2v) is 9.93. The largest absolute Gasteiger partial charge is 0.271 e. The zero-order valence-electron chi connectivity index (χ0n) is 19.8. The van der Waals surface area contributed by atoms with Gasteiger partial charge in [-0.1, -0.05) is 89.1 Å². The fourth-order valence-corrected chi connectivity index (χ4v) is 5.44. The molecule has 3 heterocycles. The average Bonchev–Trinajstić information content (AvgIpc) is 3.61. The van der Waals surface area contributed by atoms with Crippen LogP contribution < -0.4 is 4.90 Å².